The molecule has 27 heavy (non-hydrogen) atoms. The number of para-hydroxylation sites is 1. The molecule has 0 aliphatic carbocycles. The number of furan rings is 1. The highest BCUT2D eigenvalue weighted by molar-refractivity contribution is 9.10. The van der Waals surface area contributed by atoms with Gasteiger partial charge in [-0.3, -0.25) is 9.48 Å². The Bertz CT molecular complexity index is 897. The molecule has 0 fully saturated rings. The minimum absolute atomic E-state index is 0.227. The number of aryl methyl sites for hydroxylation is 3. The third-order valence-electron chi connectivity index (χ3n) is 4.10. The molecule has 0 aliphatic rings. The Hall–Kier alpha value is -2.54. The molecule has 1 N–H and O–H groups in total. The maximum Gasteiger partial charge on any atom is 0.286 e. The van der Waals surface area contributed by atoms with Crippen molar-refractivity contribution in [1.29, 1.82) is 0 Å². The summed E-state index contributed by atoms with van der Waals surface area (Å²) in [5.41, 5.74) is 2.15. The Morgan fingerprint density at radius 2 is 2.04 bits per heavy atom. The number of benzene rings is 1. The van der Waals surface area contributed by atoms with Gasteiger partial charge >= 0.3 is 0 Å². The number of aromatic nitrogens is 2. The normalized spacial score (nSPS) is 10.8. The second-order valence-corrected chi connectivity index (χ2v) is 7.22. The molecule has 6 nitrogen and oxygen atoms in total. The number of amides is 1. The second kappa shape index (κ2) is 8.90. The first kappa shape index (κ1) is 19.2. The third-order valence-corrected chi connectivity index (χ3v) is 4.51. The summed E-state index contributed by atoms with van der Waals surface area (Å²) in [6.45, 7) is 5.58. The van der Waals surface area contributed by atoms with Crippen molar-refractivity contribution in [2.24, 2.45) is 0 Å². The quantitative estimate of drug-likeness (QED) is 0.541. The van der Waals surface area contributed by atoms with Crippen molar-refractivity contribution >= 4 is 21.8 Å². The van der Waals surface area contributed by atoms with E-state index in [0.29, 0.717) is 12.3 Å². The number of nitrogens with one attached hydrogen (secondary N) is 1. The van der Waals surface area contributed by atoms with E-state index in [1.165, 1.54) is 0 Å². The molecule has 7 heteroatoms. The first-order valence-corrected chi connectivity index (χ1v) is 9.56. The number of hydrogen-bond acceptors (Lipinski definition) is 4. The van der Waals surface area contributed by atoms with Crippen molar-refractivity contribution in [3.8, 4) is 5.75 Å². The summed E-state index contributed by atoms with van der Waals surface area (Å²) in [6.07, 6.45) is 4.42. The highest BCUT2D eigenvalue weighted by Crippen LogP contribution is 2.23. The number of rotatable bonds is 8. The van der Waals surface area contributed by atoms with E-state index in [1.807, 2.05) is 42.9 Å². The van der Waals surface area contributed by atoms with Gasteiger partial charge in [-0.1, -0.05) is 18.2 Å². The summed E-state index contributed by atoms with van der Waals surface area (Å²) in [4.78, 5) is 12.2. The lowest BCUT2D eigenvalue weighted by molar-refractivity contribution is 0.0920. The van der Waals surface area contributed by atoms with E-state index in [0.717, 1.165) is 34.3 Å². The predicted octanol–water partition coefficient (Wildman–Crippen LogP) is 4.25. The lowest BCUT2D eigenvalue weighted by Gasteiger charge is -2.10. The smallest absolute Gasteiger partial charge is 0.286 e. The molecule has 0 aliphatic heterocycles. The molecule has 0 unspecified atom stereocenters. The number of carbonyl (C=O) groups is 1. The van der Waals surface area contributed by atoms with Crippen LogP contribution in [0.3, 0.4) is 0 Å². The van der Waals surface area contributed by atoms with Crippen molar-refractivity contribution < 1.29 is 13.9 Å². The van der Waals surface area contributed by atoms with Crippen molar-refractivity contribution in [1.82, 2.24) is 15.1 Å². The molecule has 0 radical (unpaired) electrons. The highest BCUT2D eigenvalue weighted by Gasteiger charge is 2.12. The first-order chi connectivity index (χ1) is 13.0. The van der Waals surface area contributed by atoms with Crippen LogP contribution < -0.4 is 10.1 Å². The second-order valence-electron chi connectivity index (χ2n) is 6.31. The fourth-order valence-electron chi connectivity index (χ4n) is 2.74. The maximum atomic E-state index is 12.2. The molecular weight excluding hydrogens is 410 g/mol. The fraction of sp³-hybridized carbons (Fsp3) is 0.300. The number of halogens is 1. The number of carbonyl (C=O) groups excluding carboxylic acids is 1. The van der Waals surface area contributed by atoms with Gasteiger partial charge in [0.15, 0.2) is 5.76 Å². The molecule has 0 saturated heterocycles. The molecule has 3 rings (SSSR count). The average Bonchev–Trinajstić information content (AvgIpc) is 3.27. The van der Waals surface area contributed by atoms with Crippen LogP contribution in [0.5, 0.6) is 5.75 Å². The van der Waals surface area contributed by atoms with Gasteiger partial charge in [-0.15, -0.1) is 0 Å². The molecule has 0 saturated carbocycles. The Morgan fingerprint density at radius 1 is 1.26 bits per heavy atom. The topological polar surface area (TPSA) is 69.3 Å². The van der Waals surface area contributed by atoms with Crippen LogP contribution in [0.2, 0.25) is 0 Å². The van der Waals surface area contributed by atoms with Gasteiger partial charge in [0.2, 0.25) is 0 Å². The van der Waals surface area contributed by atoms with E-state index in [1.54, 1.807) is 18.3 Å². The van der Waals surface area contributed by atoms with Crippen LogP contribution in [-0.4, -0.2) is 22.2 Å². The zero-order valence-electron chi connectivity index (χ0n) is 15.4. The maximum absolute atomic E-state index is 12.2. The number of hydrogen-bond donors (Lipinski definition) is 1. The molecule has 3 aromatic rings. The SMILES string of the molecule is Cc1cccc(C)c1OCc1ccc(C(=O)NCCCn2cc(Br)cn2)o1. The van der Waals surface area contributed by atoms with E-state index < -0.39 is 0 Å². The van der Waals surface area contributed by atoms with E-state index in [9.17, 15) is 4.79 Å². The van der Waals surface area contributed by atoms with Gasteiger partial charge in [-0.05, 0) is 59.5 Å². The van der Waals surface area contributed by atoms with Gasteiger partial charge in [0.25, 0.3) is 5.91 Å². The summed E-state index contributed by atoms with van der Waals surface area (Å²) < 4.78 is 14.2. The Balaban J connectivity index is 1.46. The highest BCUT2D eigenvalue weighted by atomic mass is 79.9. The molecule has 142 valence electrons. The van der Waals surface area contributed by atoms with Crippen molar-refractivity contribution in [2.45, 2.75) is 33.4 Å². The molecule has 1 aromatic carbocycles. The van der Waals surface area contributed by atoms with Crippen molar-refractivity contribution in [2.75, 3.05) is 6.54 Å². The van der Waals surface area contributed by atoms with Gasteiger partial charge in [-0.2, -0.15) is 5.10 Å². The van der Waals surface area contributed by atoms with Gasteiger partial charge < -0.3 is 14.5 Å². The van der Waals surface area contributed by atoms with Gasteiger partial charge in [-0.25, -0.2) is 0 Å². The Labute approximate surface area is 166 Å². The molecule has 1 amide bonds. The van der Waals surface area contributed by atoms with Crippen molar-refractivity contribution in [3.63, 3.8) is 0 Å². The lowest BCUT2D eigenvalue weighted by Crippen LogP contribution is -2.24. The van der Waals surface area contributed by atoms with Crippen LogP contribution >= 0.6 is 15.9 Å². The summed E-state index contributed by atoms with van der Waals surface area (Å²) in [5, 5.41) is 7.03. The van der Waals surface area contributed by atoms with E-state index in [2.05, 4.69) is 26.3 Å². The van der Waals surface area contributed by atoms with E-state index in [4.69, 9.17) is 9.15 Å². The fourth-order valence-corrected chi connectivity index (χ4v) is 3.07. The van der Waals surface area contributed by atoms with Crippen LogP contribution in [0.15, 0.2) is 51.6 Å². The summed E-state index contributed by atoms with van der Waals surface area (Å²) >= 11 is 3.36. The predicted molar refractivity (Wildman–Crippen MR) is 106 cm³/mol. The van der Waals surface area contributed by atoms with Crippen LogP contribution in [0.4, 0.5) is 0 Å². The zero-order chi connectivity index (χ0) is 19.2. The summed E-state index contributed by atoms with van der Waals surface area (Å²) in [7, 11) is 0. The summed E-state index contributed by atoms with van der Waals surface area (Å²) in [5.74, 6) is 1.53. The number of ether oxygens (including phenoxy) is 1. The molecular formula is C20H22BrN3O3. The summed E-state index contributed by atoms with van der Waals surface area (Å²) in [6, 6.07) is 9.45. The lowest BCUT2D eigenvalue weighted by atomic mass is 10.1. The van der Waals surface area contributed by atoms with Crippen LogP contribution in [0.1, 0.15) is 33.9 Å². The van der Waals surface area contributed by atoms with Gasteiger partial charge in [0.1, 0.15) is 18.1 Å². The van der Waals surface area contributed by atoms with Crippen LogP contribution in [0.25, 0.3) is 0 Å². The van der Waals surface area contributed by atoms with Crippen molar-refractivity contribution in [3.05, 3.63) is 69.8 Å². The average molecular weight is 432 g/mol. The third kappa shape index (κ3) is 5.23. The Kier molecular flexibility index (Phi) is 6.34. The molecule has 2 aromatic heterocycles. The van der Waals surface area contributed by atoms with E-state index in [-0.39, 0.29) is 18.3 Å². The molecule has 0 atom stereocenters. The van der Waals surface area contributed by atoms with Gasteiger partial charge in [0, 0.05) is 19.3 Å². The first-order valence-electron chi connectivity index (χ1n) is 8.77. The van der Waals surface area contributed by atoms with Crippen LogP contribution in [-0.2, 0) is 13.2 Å². The Morgan fingerprint density at radius 3 is 2.74 bits per heavy atom. The largest absolute Gasteiger partial charge is 0.485 e. The molecule has 2 heterocycles. The van der Waals surface area contributed by atoms with Crippen LogP contribution in [0, 0.1) is 13.8 Å². The van der Waals surface area contributed by atoms with Gasteiger partial charge in [0.05, 0.1) is 10.7 Å². The minimum Gasteiger partial charge on any atom is -0.485 e. The zero-order valence-corrected chi connectivity index (χ0v) is 17.0. The van der Waals surface area contributed by atoms with E-state index >= 15 is 0 Å². The molecule has 0 spiro atoms. The number of nitrogens with zero attached hydrogens (tertiary/aromatic N) is 2. The molecule has 0 bridgehead atoms. The standard InChI is InChI=1S/C20H22BrN3O3/c1-14-5-3-6-15(2)19(14)26-13-17-7-8-18(27-17)20(25)22-9-4-10-24-12-16(21)11-23-24/h3,5-8,11-12H,4,9-10,13H2,1-2H3,(H,22,25). The monoisotopic (exact) mass is 431 g/mol. The minimum atomic E-state index is -0.227.